The largest absolute Gasteiger partial charge is 0.490 e. The Morgan fingerprint density at radius 3 is 2.80 bits per heavy atom. The molecule has 1 heterocycles. The number of rotatable bonds is 6. The lowest BCUT2D eigenvalue weighted by Gasteiger charge is -2.01. The third-order valence-electron chi connectivity index (χ3n) is 1.73. The Labute approximate surface area is 93.4 Å². The molecule has 0 aromatic carbocycles. The second-order valence-electron chi connectivity index (χ2n) is 3.15. The predicted molar refractivity (Wildman–Crippen MR) is 57.6 cm³/mol. The quantitative estimate of drug-likeness (QED) is 0.563. The van der Waals surface area contributed by atoms with Gasteiger partial charge in [-0.15, -0.1) is 0 Å². The highest BCUT2D eigenvalue weighted by atomic mass is 35.7. The Kier molecular flexibility index (Phi) is 4.41. The predicted octanol–water partition coefficient (Wildman–Crippen LogP) is 1.15. The molecule has 0 aliphatic heterocycles. The van der Waals surface area contributed by atoms with E-state index < -0.39 is 9.05 Å². The summed E-state index contributed by atoms with van der Waals surface area (Å²) in [5.74, 6) is 0.677. The van der Waals surface area contributed by atoms with Crippen LogP contribution in [0, 0.1) is 0 Å². The Balaban J connectivity index is 2.12. The number of nitrogens with zero attached hydrogens (tertiary/aromatic N) is 2. The summed E-state index contributed by atoms with van der Waals surface area (Å²) in [7, 11) is 3.48. The number of unbranched alkanes of at least 4 members (excludes halogenated alkanes) is 1. The van der Waals surface area contributed by atoms with Gasteiger partial charge in [0.05, 0.1) is 24.8 Å². The van der Waals surface area contributed by atoms with Gasteiger partial charge in [-0.05, 0) is 12.8 Å². The molecule has 7 heteroatoms. The Morgan fingerprint density at radius 2 is 2.27 bits per heavy atom. The zero-order valence-corrected chi connectivity index (χ0v) is 9.96. The summed E-state index contributed by atoms with van der Waals surface area (Å²) < 4.78 is 28.1. The Morgan fingerprint density at radius 1 is 1.53 bits per heavy atom. The minimum Gasteiger partial charge on any atom is -0.490 e. The van der Waals surface area contributed by atoms with Crippen molar-refractivity contribution in [3.05, 3.63) is 12.4 Å². The molecule has 1 aromatic rings. The maximum atomic E-state index is 10.6. The van der Waals surface area contributed by atoms with Crippen molar-refractivity contribution >= 4 is 19.7 Å². The Bertz CT molecular complexity index is 402. The maximum absolute atomic E-state index is 10.6. The van der Waals surface area contributed by atoms with Gasteiger partial charge in [0, 0.05) is 17.7 Å². The molecule has 0 atom stereocenters. The van der Waals surface area contributed by atoms with E-state index in [1.54, 1.807) is 24.1 Å². The van der Waals surface area contributed by atoms with Crippen molar-refractivity contribution in [1.82, 2.24) is 9.78 Å². The molecule has 15 heavy (non-hydrogen) atoms. The highest BCUT2D eigenvalue weighted by molar-refractivity contribution is 8.13. The van der Waals surface area contributed by atoms with Crippen LogP contribution in [0.3, 0.4) is 0 Å². The van der Waals surface area contributed by atoms with E-state index in [1.807, 2.05) is 0 Å². The van der Waals surface area contributed by atoms with Gasteiger partial charge >= 0.3 is 0 Å². The molecule has 0 aliphatic rings. The van der Waals surface area contributed by atoms with Gasteiger partial charge in [-0.1, -0.05) is 0 Å². The van der Waals surface area contributed by atoms with Gasteiger partial charge in [0.2, 0.25) is 9.05 Å². The smallest absolute Gasteiger partial charge is 0.232 e. The highest BCUT2D eigenvalue weighted by Gasteiger charge is 2.04. The first-order valence-corrected chi connectivity index (χ1v) is 6.99. The van der Waals surface area contributed by atoms with Crippen LogP contribution in [0.2, 0.25) is 0 Å². The molecular weight excluding hydrogens is 240 g/mol. The molecule has 0 fully saturated rings. The summed E-state index contributed by atoms with van der Waals surface area (Å²) in [4.78, 5) is 0. The van der Waals surface area contributed by atoms with Crippen molar-refractivity contribution in [2.45, 2.75) is 12.8 Å². The first-order valence-electron chi connectivity index (χ1n) is 4.51. The van der Waals surface area contributed by atoms with Crippen LogP contribution >= 0.6 is 10.7 Å². The molecule has 0 bridgehead atoms. The minimum absolute atomic E-state index is 0.00897. The summed E-state index contributed by atoms with van der Waals surface area (Å²) >= 11 is 0. The summed E-state index contributed by atoms with van der Waals surface area (Å²) in [5, 5.41) is 3.93. The average Bonchev–Trinajstić information content (AvgIpc) is 2.49. The third kappa shape index (κ3) is 5.64. The molecule has 1 aromatic heterocycles. The van der Waals surface area contributed by atoms with Crippen molar-refractivity contribution in [1.29, 1.82) is 0 Å². The molecule has 0 spiro atoms. The van der Waals surface area contributed by atoms with E-state index in [9.17, 15) is 8.42 Å². The van der Waals surface area contributed by atoms with Crippen LogP contribution in [-0.4, -0.2) is 30.6 Å². The molecule has 5 nitrogen and oxygen atoms in total. The van der Waals surface area contributed by atoms with E-state index in [0.29, 0.717) is 25.2 Å². The lowest BCUT2D eigenvalue weighted by molar-refractivity contribution is 0.309. The van der Waals surface area contributed by atoms with Crippen LogP contribution in [0.1, 0.15) is 12.8 Å². The number of halogens is 1. The van der Waals surface area contributed by atoms with E-state index in [2.05, 4.69) is 5.10 Å². The van der Waals surface area contributed by atoms with Crippen molar-refractivity contribution in [2.24, 2.45) is 7.05 Å². The average molecular weight is 253 g/mol. The zero-order chi connectivity index (χ0) is 11.3. The van der Waals surface area contributed by atoms with Crippen molar-refractivity contribution in [3.63, 3.8) is 0 Å². The molecule has 0 aliphatic carbocycles. The molecule has 0 saturated carbocycles. The second-order valence-corrected chi connectivity index (χ2v) is 6.04. The normalized spacial score (nSPS) is 11.6. The fraction of sp³-hybridized carbons (Fsp3) is 0.625. The molecule has 1 rings (SSSR count). The summed E-state index contributed by atoms with van der Waals surface area (Å²) in [5.41, 5.74) is 0. The lowest BCUT2D eigenvalue weighted by Crippen LogP contribution is -2.02. The van der Waals surface area contributed by atoms with E-state index in [0.717, 1.165) is 0 Å². The number of aromatic nitrogens is 2. The first kappa shape index (κ1) is 12.3. The molecule has 0 saturated heterocycles. The molecule has 0 N–H and O–H groups in total. The van der Waals surface area contributed by atoms with Crippen LogP contribution in [0.4, 0.5) is 0 Å². The molecular formula is C8H13ClN2O3S. The number of aryl methyl sites for hydroxylation is 1. The van der Waals surface area contributed by atoms with Gasteiger partial charge in [0.1, 0.15) is 0 Å². The van der Waals surface area contributed by atoms with Gasteiger partial charge in [-0.3, -0.25) is 4.68 Å². The van der Waals surface area contributed by atoms with E-state index >= 15 is 0 Å². The molecule has 86 valence electrons. The summed E-state index contributed by atoms with van der Waals surface area (Å²) in [6.45, 7) is 0.470. The fourth-order valence-corrected chi connectivity index (χ4v) is 1.92. The van der Waals surface area contributed by atoms with Crippen LogP contribution < -0.4 is 4.74 Å². The summed E-state index contributed by atoms with van der Waals surface area (Å²) in [6, 6.07) is 0. The third-order valence-corrected chi connectivity index (χ3v) is 2.97. The lowest BCUT2D eigenvalue weighted by atomic mass is 10.4. The topological polar surface area (TPSA) is 61.2 Å². The van der Waals surface area contributed by atoms with Gasteiger partial charge in [-0.25, -0.2) is 8.42 Å². The van der Waals surface area contributed by atoms with Gasteiger partial charge in [0.25, 0.3) is 0 Å². The van der Waals surface area contributed by atoms with Gasteiger partial charge in [0.15, 0.2) is 5.75 Å². The van der Waals surface area contributed by atoms with Crippen LogP contribution in [-0.2, 0) is 16.1 Å². The molecule has 0 radical (unpaired) electrons. The molecule has 0 amide bonds. The summed E-state index contributed by atoms with van der Waals surface area (Å²) in [6.07, 6.45) is 4.52. The van der Waals surface area contributed by atoms with Crippen molar-refractivity contribution in [2.75, 3.05) is 12.4 Å². The van der Waals surface area contributed by atoms with Crippen LogP contribution in [0.5, 0.6) is 5.75 Å². The SMILES string of the molecule is Cn1cc(OCCCCS(=O)(=O)Cl)cn1. The van der Waals surface area contributed by atoms with E-state index in [4.69, 9.17) is 15.4 Å². The highest BCUT2D eigenvalue weighted by Crippen LogP contribution is 2.08. The first-order chi connectivity index (χ1) is 6.97. The van der Waals surface area contributed by atoms with Crippen LogP contribution in [0.15, 0.2) is 12.4 Å². The zero-order valence-electron chi connectivity index (χ0n) is 8.39. The van der Waals surface area contributed by atoms with Gasteiger partial charge < -0.3 is 4.74 Å². The number of hydrogen-bond donors (Lipinski definition) is 0. The Hall–Kier alpha value is -0.750. The molecule has 0 unspecified atom stereocenters. The van der Waals surface area contributed by atoms with Crippen molar-refractivity contribution in [3.8, 4) is 5.75 Å². The standard InChI is InChI=1S/C8H13ClN2O3S/c1-11-7-8(6-10-11)14-4-2-3-5-15(9,12)13/h6-7H,2-5H2,1H3. The minimum atomic E-state index is -3.36. The van der Waals surface area contributed by atoms with Crippen LogP contribution in [0.25, 0.3) is 0 Å². The van der Waals surface area contributed by atoms with Gasteiger partial charge in [-0.2, -0.15) is 5.10 Å². The maximum Gasteiger partial charge on any atom is 0.232 e. The van der Waals surface area contributed by atoms with Crippen molar-refractivity contribution < 1.29 is 13.2 Å². The number of hydrogen-bond acceptors (Lipinski definition) is 4. The monoisotopic (exact) mass is 252 g/mol. The second kappa shape index (κ2) is 5.37. The number of ether oxygens (including phenoxy) is 1. The fourth-order valence-electron chi connectivity index (χ4n) is 1.04. The van der Waals surface area contributed by atoms with E-state index in [-0.39, 0.29) is 5.75 Å². The van der Waals surface area contributed by atoms with E-state index in [1.165, 1.54) is 0 Å².